The molecule has 4 aromatic rings. The fourth-order valence-corrected chi connectivity index (χ4v) is 3.98. The highest BCUT2D eigenvalue weighted by Gasteiger charge is 2.30. The Bertz CT molecular complexity index is 1210. The maximum absolute atomic E-state index is 12.4. The molecule has 0 atom stereocenters. The lowest BCUT2D eigenvalue weighted by molar-refractivity contribution is 0.782. The fourth-order valence-electron chi connectivity index (χ4n) is 3.28. The minimum Gasteiger partial charge on any atom is -0.309 e. The summed E-state index contributed by atoms with van der Waals surface area (Å²) >= 11 is 1.50. The van der Waals surface area contributed by atoms with Crippen molar-refractivity contribution >= 4 is 22.7 Å². The first-order valence-corrected chi connectivity index (χ1v) is 10.3. The summed E-state index contributed by atoms with van der Waals surface area (Å²) in [5, 5.41) is 6.04. The van der Waals surface area contributed by atoms with Crippen LogP contribution in [0.5, 0.6) is 0 Å². The average Bonchev–Trinajstić information content (AvgIpc) is 3.47. The molecule has 0 amide bonds. The van der Waals surface area contributed by atoms with Gasteiger partial charge in [-0.15, -0.1) is 5.10 Å². The minimum absolute atomic E-state index is 0.106. The van der Waals surface area contributed by atoms with Crippen molar-refractivity contribution in [1.29, 1.82) is 0 Å². The third-order valence-corrected chi connectivity index (χ3v) is 5.73. The van der Waals surface area contributed by atoms with E-state index in [0.717, 1.165) is 35.4 Å². The van der Waals surface area contributed by atoms with Crippen LogP contribution in [0.4, 0.5) is 0 Å². The molecule has 0 spiro atoms. The van der Waals surface area contributed by atoms with Gasteiger partial charge in [-0.2, -0.15) is 0 Å². The number of aromatic amines is 1. The van der Waals surface area contributed by atoms with Gasteiger partial charge in [0.15, 0.2) is 0 Å². The lowest BCUT2D eigenvalue weighted by Gasteiger charge is -2.04. The molecular weight excluding hydrogens is 370 g/mol. The number of aromatic nitrogens is 5. The van der Waals surface area contributed by atoms with Crippen LogP contribution >= 0.6 is 11.8 Å². The Labute approximate surface area is 166 Å². The zero-order valence-electron chi connectivity index (χ0n) is 15.4. The molecule has 0 saturated heterocycles. The third kappa shape index (κ3) is 3.22. The predicted octanol–water partition coefficient (Wildman–Crippen LogP) is 3.98. The Balaban J connectivity index is 1.44. The van der Waals surface area contributed by atoms with Crippen molar-refractivity contribution in [2.75, 3.05) is 0 Å². The molecule has 28 heavy (non-hydrogen) atoms. The smallest absolute Gasteiger partial charge is 0.258 e. The third-order valence-electron chi connectivity index (χ3n) is 4.88. The Morgan fingerprint density at radius 1 is 1.11 bits per heavy atom. The Kier molecular flexibility index (Phi) is 4.24. The summed E-state index contributed by atoms with van der Waals surface area (Å²) < 4.78 is 1.95. The van der Waals surface area contributed by atoms with E-state index in [0.29, 0.717) is 28.0 Å². The number of fused-ring (bicyclic) bond motifs is 1. The maximum atomic E-state index is 12.4. The summed E-state index contributed by atoms with van der Waals surface area (Å²) in [5.74, 6) is 2.66. The summed E-state index contributed by atoms with van der Waals surface area (Å²) in [5.41, 5.74) is 2.67. The SMILES string of the molecule is Cc1cccc2c(=O)[nH]c(CSc3nc(C4CC4)n(-c4ccccc4)n3)nc12. The standard InChI is InChI=1S/C21H19N5OS/c1-13-6-5-9-16-18(13)22-17(23-20(16)27)12-28-21-24-19(14-10-11-14)26(25-21)15-7-3-2-4-8-15/h2-9,14H,10-12H2,1H3,(H,22,23,27). The molecule has 1 saturated carbocycles. The van der Waals surface area contributed by atoms with Crippen molar-refractivity contribution in [3.8, 4) is 5.69 Å². The zero-order valence-corrected chi connectivity index (χ0v) is 16.2. The second kappa shape index (κ2) is 6.91. The van der Waals surface area contributed by atoms with Crippen LogP contribution in [0.1, 0.15) is 36.0 Å². The Morgan fingerprint density at radius 3 is 2.71 bits per heavy atom. The molecule has 0 aliphatic heterocycles. The Morgan fingerprint density at radius 2 is 1.93 bits per heavy atom. The molecule has 2 aromatic carbocycles. The molecular formula is C21H19N5OS. The quantitative estimate of drug-likeness (QED) is 0.523. The monoisotopic (exact) mass is 389 g/mol. The number of nitrogens with one attached hydrogen (secondary N) is 1. The molecule has 1 N–H and O–H groups in total. The number of rotatable bonds is 5. The number of hydrogen-bond acceptors (Lipinski definition) is 5. The van der Waals surface area contributed by atoms with Gasteiger partial charge in [-0.3, -0.25) is 4.79 Å². The fraction of sp³-hybridized carbons (Fsp3) is 0.238. The van der Waals surface area contributed by atoms with E-state index in [1.165, 1.54) is 11.8 Å². The van der Waals surface area contributed by atoms with Gasteiger partial charge < -0.3 is 4.98 Å². The van der Waals surface area contributed by atoms with Crippen molar-refractivity contribution in [1.82, 2.24) is 24.7 Å². The van der Waals surface area contributed by atoms with Crippen molar-refractivity contribution in [2.45, 2.75) is 36.6 Å². The van der Waals surface area contributed by atoms with Crippen LogP contribution in [-0.2, 0) is 5.75 Å². The number of nitrogens with zero attached hydrogens (tertiary/aromatic N) is 4. The zero-order chi connectivity index (χ0) is 19.1. The normalized spacial score (nSPS) is 13.9. The number of H-pyrrole nitrogens is 1. The molecule has 6 nitrogen and oxygen atoms in total. The summed E-state index contributed by atoms with van der Waals surface area (Å²) in [6, 6.07) is 15.7. The van der Waals surface area contributed by atoms with E-state index in [9.17, 15) is 4.79 Å². The lowest BCUT2D eigenvalue weighted by Crippen LogP contribution is -2.11. The largest absolute Gasteiger partial charge is 0.309 e. The van der Waals surface area contributed by atoms with Gasteiger partial charge >= 0.3 is 0 Å². The first-order chi connectivity index (χ1) is 13.7. The first kappa shape index (κ1) is 17.2. The van der Waals surface area contributed by atoms with E-state index < -0.39 is 0 Å². The summed E-state index contributed by atoms with van der Waals surface area (Å²) in [6.07, 6.45) is 2.32. The van der Waals surface area contributed by atoms with Crippen LogP contribution < -0.4 is 5.56 Å². The maximum Gasteiger partial charge on any atom is 0.258 e. The van der Waals surface area contributed by atoms with Gasteiger partial charge in [0.1, 0.15) is 11.6 Å². The molecule has 1 fully saturated rings. The number of hydrogen-bond donors (Lipinski definition) is 1. The van der Waals surface area contributed by atoms with Crippen LogP contribution in [0.2, 0.25) is 0 Å². The second-order valence-corrected chi connectivity index (χ2v) is 7.99. The Hall–Kier alpha value is -2.93. The van der Waals surface area contributed by atoms with Gasteiger partial charge in [0.25, 0.3) is 5.56 Å². The number of para-hydroxylation sites is 2. The predicted molar refractivity (Wildman–Crippen MR) is 110 cm³/mol. The molecule has 5 rings (SSSR count). The second-order valence-electron chi connectivity index (χ2n) is 7.05. The van der Waals surface area contributed by atoms with Crippen LogP contribution in [0, 0.1) is 6.92 Å². The molecule has 2 aromatic heterocycles. The van der Waals surface area contributed by atoms with Gasteiger partial charge in [-0.05, 0) is 43.5 Å². The molecule has 0 radical (unpaired) electrons. The molecule has 7 heteroatoms. The van der Waals surface area contributed by atoms with Crippen molar-refractivity contribution in [2.24, 2.45) is 0 Å². The highest BCUT2D eigenvalue weighted by molar-refractivity contribution is 7.98. The van der Waals surface area contributed by atoms with Crippen LogP contribution in [-0.4, -0.2) is 24.7 Å². The van der Waals surface area contributed by atoms with E-state index in [-0.39, 0.29) is 5.56 Å². The van der Waals surface area contributed by atoms with Crippen molar-refractivity contribution < 1.29 is 0 Å². The van der Waals surface area contributed by atoms with E-state index in [1.54, 1.807) is 6.07 Å². The van der Waals surface area contributed by atoms with Crippen molar-refractivity contribution in [3.05, 3.63) is 76.1 Å². The topological polar surface area (TPSA) is 76.5 Å². The summed E-state index contributed by atoms with van der Waals surface area (Å²) in [7, 11) is 0. The van der Waals surface area contributed by atoms with E-state index in [4.69, 9.17) is 10.1 Å². The van der Waals surface area contributed by atoms with E-state index >= 15 is 0 Å². The highest BCUT2D eigenvalue weighted by Crippen LogP contribution is 2.40. The number of benzene rings is 2. The molecule has 0 unspecified atom stereocenters. The summed E-state index contributed by atoms with van der Waals surface area (Å²) in [6.45, 7) is 1.97. The van der Waals surface area contributed by atoms with Crippen molar-refractivity contribution in [3.63, 3.8) is 0 Å². The molecule has 140 valence electrons. The lowest BCUT2D eigenvalue weighted by atomic mass is 10.1. The molecule has 2 heterocycles. The van der Waals surface area contributed by atoms with Gasteiger partial charge in [0, 0.05) is 5.92 Å². The number of thioether (sulfide) groups is 1. The van der Waals surface area contributed by atoms with Crippen LogP contribution in [0.15, 0.2) is 58.5 Å². The van der Waals surface area contributed by atoms with Gasteiger partial charge in [0.2, 0.25) is 5.16 Å². The molecule has 1 aliphatic carbocycles. The van der Waals surface area contributed by atoms with Gasteiger partial charge in [-0.25, -0.2) is 14.6 Å². The molecule has 0 bridgehead atoms. The highest BCUT2D eigenvalue weighted by atomic mass is 32.2. The van der Waals surface area contributed by atoms with Gasteiger partial charge in [-0.1, -0.05) is 42.1 Å². The van der Waals surface area contributed by atoms with E-state index in [2.05, 4.69) is 9.97 Å². The van der Waals surface area contributed by atoms with Crippen LogP contribution in [0.25, 0.3) is 16.6 Å². The number of aryl methyl sites for hydroxylation is 1. The average molecular weight is 389 g/mol. The summed E-state index contributed by atoms with van der Waals surface area (Å²) in [4.78, 5) is 24.7. The van der Waals surface area contributed by atoms with Gasteiger partial charge in [0.05, 0.1) is 22.3 Å². The first-order valence-electron chi connectivity index (χ1n) is 9.33. The minimum atomic E-state index is -0.106. The van der Waals surface area contributed by atoms with Crippen LogP contribution in [0.3, 0.4) is 0 Å². The molecule has 1 aliphatic rings. The van der Waals surface area contributed by atoms with E-state index in [1.807, 2.05) is 54.1 Å².